The first kappa shape index (κ1) is 25.6. The fourth-order valence-corrected chi connectivity index (χ4v) is 3.81. The molecule has 2 aromatic rings. The van der Waals surface area contributed by atoms with Crippen molar-refractivity contribution in [3.8, 4) is 5.75 Å². The molecule has 9 nitrogen and oxygen atoms in total. The van der Waals surface area contributed by atoms with Gasteiger partial charge >= 0.3 is 0 Å². The molecule has 0 saturated carbocycles. The largest absolute Gasteiger partial charge is 0.507 e. The van der Waals surface area contributed by atoms with Gasteiger partial charge in [-0.2, -0.15) is 0 Å². The number of likely N-dealkylation sites (tertiary alicyclic amines) is 1. The first-order valence-electron chi connectivity index (χ1n) is 11.2. The molecular weight excluding hydrogens is 452 g/mol. The fraction of sp³-hybridized carbons (Fsp3) is 0.308. The Labute approximate surface area is 203 Å². The first-order chi connectivity index (χ1) is 16.7. The van der Waals surface area contributed by atoms with Gasteiger partial charge in [0.05, 0.1) is 22.6 Å². The highest BCUT2D eigenvalue weighted by Crippen LogP contribution is 2.40. The van der Waals surface area contributed by atoms with Crippen LogP contribution in [0.25, 0.3) is 5.76 Å². The summed E-state index contributed by atoms with van der Waals surface area (Å²) in [6.07, 6.45) is 2.10. The molecule has 1 atom stereocenters. The van der Waals surface area contributed by atoms with Crippen molar-refractivity contribution in [2.75, 3.05) is 19.8 Å². The lowest BCUT2D eigenvalue weighted by Crippen LogP contribution is -2.31. The van der Waals surface area contributed by atoms with Crippen molar-refractivity contribution < 1.29 is 29.1 Å². The Morgan fingerprint density at radius 1 is 1.17 bits per heavy atom. The van der Waals surface area contributed by atoms with Gasteiger partial charge in [-0.1, -0.05) is 12.7 Å². The number of nitro groups is 1. The molecule has 0 unspecified atom stereocenters. The molecule has 35 heavy (non-hydrogen) atoms. The number of Topliss-reactive ketones (excluding diaryl/α,β-unsaturated/α-hetero) is 1. The van der Waals surface area contributed by atoms with Gasteiger partial charge in [0.25, 0.3) is 17.4 Å². The number of aliphatic hydroxyl groups is 1. The van der Waals surface area contributed by atoms with Gasteiger partial charge in [0.2, 0.25) is 0 Å². The summed E-state index contributed by atoms with van der Waals surface area (Å²) in [6.45, 7) is 8.31. The SMILES string of the molecule is C=CCOc1ccc(C(O)=C2C(=O)C(=O)N(CCCOC(C)C)[C@@H]2c2ccc([N+](=O)[O-])cc2)cc1. The summed E-state index contributed by atoms with van der Waals surface area (Å²) in [5.74, 6) is -1.34. The van der Waals surface area contributed by atoms with Gasteiger partial charge in [-0.05, 0) is 62.2 Å². The van der Waals surface area contributed by atoms with Crippen molar-refractivity contribution in [2.45, 2.75) is 32.4 Å². The number of ketones is 1. The van der Waals surface area contributed by atoms with E-state index in [-0.39, 0.29) is 29.7 Å². The number of carbonyl (C=O) groups is 2. The molecule has 0 spiro atoms. The van der Waals surface area contributed by atoms with Crippen LogP contribution in [-0.4, -0.2) is 52.5 Å². The highest BCUT2D eigenvalue weighted by atomic mass is 16.6. The number of rotatable bonds is 11. The maximum Gasteiger partial charge on any atom is 0.295 e. The standard InChI is InChI=1S/C26H28N2O7/c1-4-15-35-21-12-8-19(9-13-21)24(29)22-23(18-6-10-20(11-7-18)28(32)33)27(26(31)25(22)30)14-5-16-34-17(2)3/h4,6-13,17,23,29H,1,5,14-16H2,2-3H3/t23-/m1/s1. The van der Waals surface area contributed by atoms with Crippen molar-refractivity contribution in [1.29, 1.82) is 0 Å². The minimum Gasteiger partial charge on any atom is -0.507 e. The second kappa shape index (κ2) is 11.4. The van der Waals surface area contributed by atoms with Gasteiger partial charge in [-0.15, -0.1) is 0 Å². The number of amides is 1. The zero-order valence-electron chi connectivity index (χ0n) is 19.7. The maximum atomic E-state index is 13.1. The van der Waals surface area contributed by atoms with Crippen LogP contribution in [0.15, 0.2) is 66.8 Å². The van der Waals surface area contributed by atoms with Crippen LogP contribution < -0.4 is 4.74 Å². The average Bonchev–Trinajstić information content (AvgIpc) is 3.10. The summed E-state index contributed by atoms with van der Waals surface area (Å²) in [7, 11) is 0. The number of nitro benzene ring substituents is 1. The number of hydrogen-bond donors (Lipinski definition) is 1. The molecule has 1 fully saturated rings. The van der Waals surface area contributed by atoms with Crippen LogP contribution >= 0.6 is 0 Å². The molecule has 3 rings (SSSR count). The molecule has 1 N–H and O–H groups in total. The lowest BCUT2D eigenvalue weighted by Gasteiger charge is -2.25. The summed E-state index contributed by atoms with van der Waals surface area (Å²) < 4.78 is 11.0. The van der Waals surface area contributed by atoms with E-state index in [1.807, 2.05) is 13.8 Å². The van der Waals surface area contributed by atoms with Crippen LogP contribution in [0, 0.1) is 10.1 Å². The van der Waals surface area contributed by atoms with E-state index in [2.05, 4.69) is 6.58 Å². The van der Waals surface area contributed by atoms with Crippen molar-refractivity contribution in [1.82, 2.24) is 4.90 Å². The van der Waals surface area contributed by atoms with E-state index < -0.39 is 22.7 Å². The normalized spacial score (nSPS) is 17.1. The van der Waals surface area contributed by atoms with Gasteiger partial charge in [-0.25, -0.2) is 0 Å². The molecule has 2 aromatic carbocycles. The first-order valence-corrected chi connectivity index (χ1v) is 11.2. The van der Waals surface area contributed by atoms with Gasteiger partial charge in [0, 0.05) is 30.8 Å². The summed E-state index contributed by atoms with van der Waals surface area (Å²) in [4.78, 5) is 38.0. The molecule has 0 aromatic heterocycles. The zero-order valence-corrected chi connectivity index (χ0v) is 19.7. The highest BCUT2D eigenvalue weighted by Gasteiger charge is 2.45. The van der Waals surface area contributed by atoms with Crippen LogP contribution in [0.3, 0.4) is 0 Å². The molecule has 0 radical (unpaired) electrons. The molecule has 0 aliphatic carbocycles. The molecule has 1 aliphatic heterocycles. The van der Waals surface area contributed by atoms with Crippen molar-refractivity contribution in [3.05, 3.63) is 88.0 Å². The third-order valence-corrected chi connectivity index (χ3v) is 5.45. The Hall–Kier alpha value is -3.98. The third kappa shape index (κ3) is 5.93. The molecule has 9 heteroatoms. The zero-order chi connectivity index (χ0) is 25.5. The molecule has 1 aliphatic rings. The third-order valence-electron chi connectivity index (χ3n) is 5.45. The molecule has 184 valence electrons. The van der Waals surface area contributed by atoms with E-state index >= 15 is 0 Å². The smallest absolute Gasteiger partial charge is 0.295 e. The fourth-order valence-electron chi connectivity index (χ4n) is 3.81. The second-order valence-electron chi connectivity index (χ2n) is 8.24. The van der Waals surface area contributed by atoms with E-state index in [1.165, 1.54) is 29.2 Å². The monoisotopic (exact) mass is 480 g/mol. The highest BCUT2D eigenvalue weighted by molar-refractivity contribution is 6.46. The van der Waals surface area contributed by atoms with Gasteiger partial charge < -0.3 is 19.5 Å². The number of carbonyl (C=O) groups excluding carboxylic acids is 2. The van der Waals surface area contributed by atoms with Crippen molar-refractivity contribution in [3.63, 3.8) is 0 Å². The predicted octanol–water partition coefficient (Wildman–Crippen LogP) is 4.40. The molecule has 0 bridgehead atoms. The predicted molar refractivity (Wildman–Crippen MR) is 130 cm³/mol. The topological polar surface area (TPSA) is 119 Å². The summed E-state index contributed by atoms with van der Waals surface area (Å²) in [5.41, 5.74) is 0.621. The van der Waals surface area contributed by atoms with Gasteiger partial charge in [0.1, 0.15) is 18.1 Å². The summed E-state index contributed by atoms with van der Waals surface area (Å²) in [5, 5.41) is 22.2. The van der Waals surface area contributed by atoms with E-state index in [4.69, 9.17) is 9.47 Å². The number of hydrogen-bond acceptors (Lipinski definition) is 7. The lowest BCUT2D eigenvalue weighted by molar-refractivity contribution is -0.384. The Morgan fingerprint density at radius 3 is 2.40 bits per heavy atom. The van der Waals surface area contributed by atoms with Crippen molar-refractivity contribution >= 4 is 23.1 Å². The Kier molecular flexibility index (Phi) is 8.38. The average molecular weight is 481 g/mol. The van der Waals surface area contributed by atoms with Crippen LogP contribution in [0.4, 0.5) is 5.69 Å². The van der Waals surface area contributed by atoms with Crippen LogP contribution in [0.5, 0.6) is 5.75 Å². The number of benzene rings is 2. The van der Waals surface area contributed by atoms with E-state index in [0.29, 0.717) is 36.5 Å². The maximum absolute atomic E-state index is 13.1. The Bertz CT molecular complexity index is 1120. The minimum absolute atomic E-state index is 0.0225. The Balaban J connectivity index is 2.00. The van der Waals surface area contributed by atoms with E-state index in [9.17, 15) is 24.8 Å². The summed E-state index contributed by atoms with van der Waals surface area (Å²) in [6, 6.07) is 11.2. The van der Waals surface area contributed by atoms with E-state index in [0.717, 1.165) is 0 Å². The van der Waals surface area contributed by atoms with Crippen LogP contribution in [0.2, 0.25) is 0 Å². The number of non-ortho nitro benzene ring substituents is 1. The van der Waals surface area contributed by atoms with Crippen molar-refractivity contribution in [2.24, 2.45) is 0 Å². The summed E-state index contributed by atoms with van der Waals surface area (Å²) >= 11 is 0. The molecular formula is C26H28N2O7. The van der Waals surface area contributed by atoms with Gasteiger partial charge in [-0.3, -0.25) is 19.7 Å². The molecule has 1 heterocycles. The second-order valence-corrected chi connectivity index (χ2v) is 8.24. The van der Waals surface area contributed by atoms with Crippen LogP contribution in [0.1, 0.15) is 37.4 Å². The number of ether oxygens (including phenoxy) is 2. The van der Waals surface area contributed by atoms with E-state index in [1.54, 1.807) is 30.3 Å². The lowest BCUT2D eigenvalue weighted by atomic mass is 9.95. The minimum atomic E-state index is -0.897. The van der Waals surface area contributed by atoms with Crippen LogP contribution in [-0.2, 0) is 14.3 Å². The Morgan fingerprint density at radius 2 is 1.83 bits per heavy atom. The number of nitrogens with zero attached hydrogens (tertiary/aromatic N) is 2. The quantitative estimate of drug-likeness (QED) is 0.0963. The van der Waals surface area contributed by atoms with Gasteiger partial charge in [0.15, 0.2) is 0 Å². The molecule has 1 saturated heterocycles. The molecule has 1 amide bonds. The number of aliphatic hydroxyl groups excluding tert-OH is 1.